The second-order valence-electron chi connectivity index (χ2n) is 4.02. The van der Waals surface area contributed by atoms with Crippen LogP contribution in [0.3, 0.4) is 0 Å². The number of hydrogen-bond donors (Lipinski definition) is 1. The highest BCUT2D eigenvalue weighted by Crippen LogP contribution is 2.22. The van der Waals surface area contributed by atoms with Crippen molar-refractivity contribution >= 4 is 16.6 Å². The fourth-order valence-electron chi connectivity index (χ4n) is 1.84. The SMILES string of the molecule is CCNCCN(C)c1cnnc2ccccc12. The average molecular weight is 230 g/mol. The second kappa shape index (κ2) is 5.59. The Labute approximate surface area is 102 Å². The molecule has 0 aliphatic carbocycles. The van der Waals surface area contributed by atoms with Crippen LogP contribution < -0.4 is 10.2 Å². The molecule has 0 aliphatic heterocycles. The Kier molecular flexibility index (Phi) is 3.88. The molecule has 0 saturated heterocycles. The first-order valence-corrected chi connectivity index (χ1v) is 5.95. The number of aromatic nitrogens is 2. The van der Waals surface area contributed by atoms with Gasteiger partial charge in [0.25, 0.3) is 0 Å². The molecule has 0 spiro atoms. The molecule has 0 radical (unpaired) electrons. The maximum absolute atomic E-state index is 4.13. The fraction of sp³-hybridized carbons (Fsp3) is 0.385. The Hall–Kier alpha value is -1.68. The quantitative estimate of drug-likeness (QED) is 0.793. The van der Waals surface area contributed by atoms with Gasteiger partial charge in [0.05, 0.1) is 17.4 Å². The molecule has 1 heterocycles. The van der Waals surface area contributed by atoms with Crippen molar-refractivity contribution in [1.29, 1.82) is 0 Å². The summed E-state index contributed by atoms with van der Waals surface area (Å²) in [6, 6.07) is 8.10. The highest BCUT2D eigenvalue weighted by Gasteiger charge is 2.06. The highest BCUT2D eigenvalue weighted by molar-refractivity contribution is 5.90. The summed E-state index contributed by atoms with van der Waals surface area (Å²) in [6.45, 7) is 5.06. The summed E-state index contributed by atoms with van der Waals surface area (Å²) in [5, 5.41) is 12.7. The molecular formula is C13H18N4. The highest BCUT2D eigenvalue weighted by atomic mass is 15.2. The zero-order valence-electron chi connectivity index (χ0n) is 10.3. The van der Waals surface area contributed by atoms with E-state index in [4.69, 9.17) is 0 Å². The Morgan fingerprint density at radius 1 is 1.29 bits per heavy atom. The Morgan fingerprint density at radius 3 is 2.94 bits per heavy atom. The summed E-state index contributed by atoms with van der Waals surface area (Å²) in [7, 11) is 2.08. The van der Waals surface area contributed by atoms with Gasteiger partial charge in [0.15, 0.2) is 0 Å². The minimum atomic E-state index is 0.945. The van der Waals surface area contributed by atoms with Crippen molar-refractivity contribution in [3.05, 3.63) is 30.5 Å². The third kappa shape index (κ3) is 2.71. The molecule has 90 valence electrons. The lowest BCUT2D eigenvalue weighted by Gasteiger charge is -2.20. The van der Waals surface area contributed by atoms with Crippen LogP contribution in [0.15, 0.2) is 30.5 Å². The summed E-state index contributed by atoms with van der Waals surface area (Å²) in [5.41, 5.74) is 2.08. The van der Waals surface area contributed by atoms with Gasteiger partial charge in [0.2, 0.25) is 0 Å². The minimum Gasteiger partial charge on any atom is -0.371 e. The van der Waals surface area contributed by atoms with Gasteiger partial charge in [-0.15, -0.1) is 0 Å². The molecular weight excluding hydrogens is 212 g/mol. The molecule has 0 amide bonds. The van der Waals surface area contributed by atoms with Crippen molar-refractivity contribution in [1.82, 2.24) is 15.5 Å². The fourth-order valence-corrected chi connectivity index (χ4v) is 1.84. The largest absolute Gasteiger partial charge is 0.371 e. The lowest BCUT2D eigenvalue weighted by Crippen LogP contribution is -2.29. The standard InChI is InChI=1S/C13H18N4/c1-3-14-8-9-17(2)13-10-15-16-12-7-5-4-6-11(12)13/h4-7,10,14H,3,8-9H2,1-2H3. The van der Waals surface area contributed by atoms with Crippen molar-refractivity contribution in [3.8, 4) is 0 Å². The van der Waals surface area contributed by atoms with Gasteiger partial charge >= 0.3 is 0 Å². The van der Waals surface area contributed by atoms with E-state index in [1.165, 1.54) is 0 Å². The van der Waals surface area contributed by atoms with Gasteiger partial charge < -0.3 is 10.2 Å². The maximum atomic E-state index is 4.13. The molecule has 4 nitrogen and oxygen atoms in total. The third-order valence-electron chi connectivity index (χ3n) is 2.81. The Morgan fingerprint density at radius 2 is 2.12 bits per heavy atom. The normalized spacial score (nSPS) is 10.7. The van der Waals surface area contributed by atoms with E-state index < -0.39 is 0 Å². The molecule has 1 aromatic carbocycles. The van der Waals surface area contributed by atoms with Crippen molar-refractivity contribution in [2.75, 3.05) is 31.6 Å². The van der Waals surface area contributed by atoms with Crippen LogP contribution in [0.1, 0.15) is 6.92 Å². The van der Waals surface area contributed by atoms with Crippen molar-refractivity contribution < 1.29 is 0 Å². The predicted molar refractivity (Wildman–Crippen MR) is 71.4 cm³/mol. The number of hydrogen-bond acceptors (Lipinski definition) is 4. The van der Waals surface area contributed by atoms with Crippen molar-refractivity contribution in [2.45, 2.75) is 6.92 Å². The third-order valence-corrected chi connectivity index (χ3v) is 2.81. The van der Waals surface area contributed by atoms with Crippen molar-refractivity contribution in [3.63, 3.8) is 0 Å². The summed E-state index contributed by atoms with van der Waals surface area (Å²) >= 11 is 0. The van der Waals surface area contributed by atoms with E-state index in [9.17, 15) is 0 Å². The number of anilines is 1. The molecule has 17 heavy (non-hydrogen) atoms. The van der Waals surface area contributed by atoms with E-state index in [1.807, 2.05) is 24.4 Å². The van der Waals surface area contributed by atoms with E-state index in [1.54, 1.807) is 0 Å². The topological polar surface area (TPSA) is 41.0 Å². The first kappa shape index (κ1) is 11.8. The molecule has 0 fully saturated rings. The number of rotatable bonds is 5. The Bertz CT molecular complexity index is 478. The van der Waals surface area contributed by atoms with Crippen LogP contribution in [0, 0.1) is 0 Å². The second-order valence-corrected chi connectivity index (χ2v) is 4.02. The van der Waals surface area contributed by atoms with Crippen LogP contribution in [0.4, 0.5) is 5.69 Å². The Balaban J connectivity index is 2.22. The lowest BCUT2D eigenvalue weighted by molar-refractivity contribution is 0.706. The van der Waals surface area contributed by atoms with Gasteiger partial charge in [-0.1, -0.05) is 25.1 Å². The van der Waals surface area contributed by atoms with Gasteiger partial charge in [-0.2, -0.15) is 10.2 Å². The molecule has 0 saturated carbocycles. The number of nitrogens with one attached hydrogen (secondary N) is 1. The van der Waals surface area contributed by atoms with Crippen molar-refractivity contribution in [2.24, 2.45) is 0 Å². The van der Waals surface area contributed by atoms with Crippen LogP contribution in [0.25, 0.3) is 10.9 Å². The van der Waals surface area contributed by atoms with Crippen LogP contribution >= 0.6 is 0 Å². The zero-order chi connectivity index (χ0) is 12.1. The monoisotopic (exact) mass is 230 g/mol. The minimum absolute atomic E-state index is 0.945. The van der Waals surface area contributed by atoms with Gasteiger partial charge in [0, 0.05) is 25.5 Å². The van der Waals surface area contributed by atoms with Crippen LogP contribution in [-0.2, 0) is 0 Å². The van der Waals surface area contributed by atoms with Gasteiger partial charge in [-0.25, -0.2) is 0 Å². The number of likely N-dealkylation sites (N-methyl/N-ethyl adjacent to an activating group) is 2. The van der Waals surface area contributed by atoms with Gasteiger partial charge in [-0.3, -0.25) is 0 Å². The van der Waals surface area contributed by atoms with Gasteiger partial charge in [0.1, 0.15) is 0 Å². The lowest BCUT2D eigenvalue weighted by atomic mass is 10.2. The van der Waals surface area contributed by atoms with E-state index >= 15 is 0 Å². The smallest absolute Gasteiger partial charge is 0.0950 e. The number of benzene rings is 1. The molecule has 1 N–H and O–H groups in total. The van der Waals surface area contributed by atoms with Crippen LogP contribution in [-0.4, -0.2) is 36.9 Å². The first-order valence-electron chi connectivity index (χ1n) is 5.95. The van der Waals surface area contributed by atoms with Crippen LogP contribution in [0.5, 0.6) is 0 Å². The van der Waals surface area contributed by atoms with Crippen LogP contribution in [0.2, 0.25) is 0 Å². The zero-order valence-corrected chi connectivity index (χ0v) is 10.3. The molecule has 0 atom stereocenters. The summed E-state index contributed by atoms with van der Waals surface area (Å²) in [4.78, 5) is 2.21. The van der Waals surface area contributed by atoms with E-state index in [0.29, 0.717) is 0 Å². The molecule has 0 aliphatic rings. The molecule has 0 unspecified atom stereocenters. The van der Waals surface area contributed by atoms with E-state index in [0.717, 1.165) is 36.2 Å². The molecule has 2 rings (SSSR count). The van der Waals surface area contributed by atoms with E-state index in [2.05, 4.69) is 40.5 Å². The molecule has 4 heteroatoms. The number of nitrogens with zero attached hydrogens (tertiary/aromatic N) is 3. The predicted octanol–water partition coefficient (Wildman–Crippen LogP) is 1.68. The molecule has 2 aromatic rings. The summed E-state index contributed by atoms with van der Waals surface area (Å²) < 4.78 is 0. The number of fused-ring (bicyclic) bond motifs is 1. The summed E-state index contributed by atoms with van der Waals surface area (Å²) in [5.74, 6) is 0. The first-order chi connectivity index (χ1) is 8.33. The average Bonchev–Trinajstić information content (AvgIpc) is 2.38. The van der Waals surface area contributed by atoms with E-state index in [-0.39, 0.29) is 0 Å². The summed E-state index contributed by atoms with van der Waals surface area (Å²) in [6.07, 6.45) is 1.83. The molecule has 1 aromatic heterocycles. The van der Waals surface area contributed by atoms with Gasteiger partial charge in [-0.05, 0) is 12.6 Å². The maximum Gasteiger partial charge on any atom is 0.0950 e. The molecule has 0 bridgehead atoms.